The second-order valence-electron chi connectivity index (χ2n) is 9.68. The van der Waals surface area contributed by atoms with Crippen molar-refractivity contribution < 1.29 is 23.6 Å². The number of fused-ring (bicyclic) bond motifs is 1. The van der Waals surface area contributed by atoms with Gasteiger partial charge in [0.15, 0.2) is 4.80 Å². The molecule has 2 aromatic heterocycles. The largest absolute Gasteiger partial charge is 0.497 e. The van der Waals surface area contributed by atoms with E-state index in [0.29, 0.717) is 67.8 Å². The Bertz CT molecular complexity index is 1930. The Morgan fingerprint density at radius 3 is 2.58 bits per heavy atom. The van der Waals surface area contributed by atoms with Gasteiger partial charge in [-0.2, -0.15) is 0 Å². The molecular weight excluding hydrogens is 572 g/mol. The van der Waals surface area contributed by atoms with Crippen LogP contribution in [0.4, 0.5) is 5.69 Å². The molecule has 1 aliphatic rings. The number of ether oxygens (including phenoxy) is 2. The van der Waals surface area contributed by atoms with Crippen LogP contribution < -0.4 is 24.4 Å². The molecule has 12 heteroatoms. The minimum atomic E-state index is -0.825. The number of likely N-dealkylation sites (N-methyl/N-ethyl adjacent to an activating group) is 1. The Labute approximate surface area is 250 Å². The van der Waals surface area contributed by atoms with Gasteiger partial charge in [0, 0.05) is 42.4 Å². The Kier molecular flexibility index (Phi) is 8.31. The number of rotatable bonds is 9. The Hall–Kier alpha value is -4.97. The molecule has 0 spiro atoms. The maximum absolute atomic E-state index is 14.1. The summed E-state index contributed by atoms with van der Waals surface area (Å²) in [6, 6.07) is 14.0. The third-order valence-corrected chi connectivity index (χ3v) is 8.26. The number of benzene rings is 2. The van der Waals surface area contributed by atoms with Gasteiger partial charge < -0.3 is 18.8 Å². The predicted molar refractivity (Wildman–Crippen MR) is 162 cm³/mol. The van der Waals surface area contributed by atoms with Crippen LogP contribution in [0.25, 0.3) is 17.4 Å². The average Bonchev–Trinajstić information content (AvgIpc) is 3.60. The van der Waals surface area contributed by atoms with E-state index < -0.39 is 11.0 Å². The van der Waals surface area contributed by atoms with Gasteiger partial charge in [0.2, 0.25) is 0 Å². The normalized spacial score (nSPS) is 14.7. The summed E-state index contributed by atoms with van der Waals surface area (Å²) in [5.41, 5.74) is 1.60. The number of carbonyl (C=O) groups excluding carboxylic acids is 1. The highest BCUT2D eigenvalue weighted by Crippen LogP contribution is 2.38. The maximum atomic E-state index is 14.1. The average molecular weight is 603 g/mol. The standard InChI is InChI=1S/C31H30N4O7S/c1-6-33(7-2)30(37)27-18(3)32-31-34(28(27)23-16-21(40-4)11-14-25(23)41-5)29(36)26(43-31)17-22-12-13-24(42-22)19-9-8-10-20(15-19)35(38)39/h8-17,28H,6-7H2,1-5H3/b26-17+/t28-/m1/s1. The second kappa shape index (κ2) is 12.1. The number of hydrogen-bond donors (Lipinski definition) is 0. The van der Waals surface area contributed by atoms with Crippen LogP contribution in [0, 0.1) is 10.1 Å². The van der Waals surface area contributed by atoms with Crippen molar-refractivity contribution in [3.63, 3.8) is 0 Å². The highest BCUT2D eigenvalue weighted by atomic mass is 32.1. The third-order valence-electron chi connectivity index (χ3n) is 7.28. The van der Waals surface area contributed by atoms with Crippen molar-refractivity contribution >= 4 is 29.0 Å². The number of methoxy groups -OCH3 is 2. The Balaban J connectivity index is 1.68. The Morgan fingerprint density at radius 2 is 1.91 bits per heavy atom. The molecule has 5 rings (SSSR count). The molecule has 11 nitrogen and oxygen atoms in total. The first-order chi connectivity index (χ1) is 20.7. The number of nitro benzene ring substituents is 1. The minimum absolute atomic E-state index is 0.0536. The minimum Gasteiger partial charge on any atom is -0.497 e. The third kappa shape index (κ3) is 5.48. The molecule has 3 heterocycles. The van der Waals surface area contributed by atoms with Crippen molar-refractivity contribution in [2.75, 3.05) is 27.3 Å². The lowest BCUT2D eigenvalue weighted by Crippen LogP contribution is -2.43. The van der Waals surface area contributed by atoms with Crippen LogP contribution in [0.5, 0.6) is 11.5 Å². The number of nitrogens with zero attached hydrogens (tertiary/aromatic N) is 4. The first kappa shape index (κ1) is 29.5. The van der Waals surface area contributed by atoms with Gasteiger partial charge in [0.05, 0.1) is 34.9 Å². The Morgan fingerprint density at radius 1 is 1.14 bits per heavy atom. The summed E-state index contributed by atoms with van der Waals surface area (Å²) in [5, 5.41) is 11.2. The van der Waals surface area contributed by atoms with Gasteiger partial charge >= 0.3 is 0 Å². The van der Waals surface area contributed by atoms with E-state index in [1.165, 1.54) is 35.1 Å². The number of thiazole rings is 1. The van der Waals surface area contributed by atoms with Crippen LogP contribution in [0.1, 0.15) is 38.1 Å². The van der Waals surface area contributed by atoms with Gasteiger partial charge in [-0.1, -0.05) is 23.5 Å². The van der Waals surface area contributed by atoms with Gasteiger partial charge in [0.25, 0.3) is 17.2 Å². The number of amides is 1. The molecule has 0 radical (unpaired) electrons. The van der Waals surface area contributed by atoms with Crippen molar-refractivity contribution in [1.29, 1.82) is 0 Å². The zero-order valence-corrected chi connectivity index (χ0v) is 25.1. The molecule has 0 aliphatic carbocycles. The molecule has 1 aliphatic heterocycles. The first-order valence-electron chi connectivity index (χ1n) is 13.6. The highest BCUT2D eigenvalue weighted by molar-refractivity contribution is 7.07. The summed E-state index contributed by atoms with van der Waals surface area (Å²) in [5.74, 6) is 1.63. The van der Waals surface area contributed by atoms with E-state index in [9.17, 15) is 19.7 Å². The fraction of sp³-hybridized carbons (Fsp3) is 0.258. The lowest BCUT2D eigenvalue weighted by molar-refractivity contribution is -0.384. The van der Waals surface area contributed by atoms with E-state index in [2.05, 4.69) is 0 Å². The van der Waals surface area contributed by atoms with E-state index in [0.717, 1.165) is 0 Å². The van der Waals surface area contributed by atoms with Crippen LogP contribution in [-0.2, 0) is 4.79 Å². The molecule has 4 aromatic rings. The van der Waals surface area contributed by atoms with Crippen molar-refractivity contribution in [2.24, 2.45) is 4.99 Å². The van der Waals surface area contributed by atoms with Gasteiger partial charge in [-0.05, 0) is 51.1 Å². The summed E-state index contributed by atoms with van der Waals surface area (Å²) in [6.45, 7) is 6.55. The van der Waals surface area contributed by atoms with Crippen LogP contribution in [0.2, 0.25) is 0 Å². The predicted octanol–water partition coefficient (Wildman–Crippen LogP) is 4.29. The van der Waals surface area contributed by atoms with Gasteiger partial charge in [-0.25, -0.2) is 4.99 Å². The second-order valence-corrected chi connectivity index (χ2v) is 10.7. The molecule has 43 heavy (non-hydrogen) atoms. The molecule has 0 bridgehead atoms. The molecule has 0 saturated heterocycles. The van der Waals surface area contributed by atoms with Crippen molar-refractivity contribution in [3.8, 4) is 22.8 Å². The van der Waals surface area contributed by atoms with Crippen molar-refractivity contribution in [3.05, 3.63) is 107 Å². The SMILES string of the molecule is CCN(CC)C(=O)C1=C(C)N=c2s/c(=C/c3ccc(-c4cccc([N+](=O)[O-])c4)o3)c(=O)n2[C@@H]1c1cc(OC)ccc1OC. The molecular formula is C31H30N4O7S. The number of aromatic nitrogens is 1. The van der Waals surface area contributed by atoms with E-state index in [-0.39, 0.29) is 17.2 Å². The molecule has 0 saturated carbocycles. The van der Waals surface area contributed by atoms with Gasteiger partial charge in [0.1, 0.15) is 29.1 Å². The number of carbonyl (C=O) groups is 1. The summed E-state index contributed by atoms with van der Waals surface area (Å²) < 4.78 is 19.0. The zero-order valence-electron chi connectivity index (χ0n) is 24.3. The zero-order chi connectivity index (χ0) is 30.8. The van der Waals surface area contributed by atoms with E-state index in [1.54, 1.807) is 67.5 Å². The fourth-order valence-corrected chi connectivity index (χ4v) is 6.14. The molecule has 222 valence electrons. The van der Waals surface area contributed by atoms with Gasteiger partial charge in [-0.15, -0.1) is 0 Å². The fourth-order valence-electron chi connectivity index (χ4n) is 5.11. The number of allylic oxidation sites excluding steroid dienone is 1. The van der Waals surface area contributed by atoms with Crippen LogP contribution in [-0.4, -0.2) is 47.6 Å². The molecule has 1 atom stereocenters. The van der Waals surface area contributed by atoms with Crippen LogP contribution in [0.15, 0.2) is 80.1 Å². The number of hydrogen-bond acceptors (Lipinski definition) is 9. The lowest BCUT2D eigenvalue weighted by atomic mass is 9.93. The topological polar surface area (TPSA) is 129 Å². The quantitative estimate of drug-likeness (QED) is 0.206. The van der Waals surface area contributed by atoms with E-state index >= 15 is 0 Å². The number of non-ortho nitro benzene ring substituents is 1. The summed E-state index contributed by atoms with van der Waals surface area (Å²) >= 11 is 1.18. The summed E-state index contributed by atoms with van der Waals surface area (Å²) in [7, 11) is 3.08. The first-order valence-corrected chi connectivity index (χ1v) is 14.4. The molecule has 0 N–H and O–H groups in total. The molecule has 0 fully saturated rings. The highest BCUT2D eigenvalue weighted by Gasteiger charge is 2.36. The van der Waals surface area contributed by atoms with Gasteiger partial charge in [-0.3, -0.25) is 24.3 Å². The van der Waals surface area contributed by atoms with Crippen molar-refractivity contribution in [2.45, 2.75) is 26.8 Å². The summed E-state index contributed by atoms with van der Waals surface area (Å²) in [4.78, 5) is 45.5. The van der Waals surface area contributed by atoms with E-state index in [4.69, 9.17) is 18.9 Å². The monoisotopic (exact) mass is 602 g/mol. The lowest BCUT2D eigenvalue weighted by Gasteiger charge is -2.30. The van der Waals surface area contributed by atoms with Crippen molar-refractivity contribution in [1.82, 2.24) is 9.47 Å². The number of nitro groups is 1. The molecule has 2 aromatic carbocycles. The summed E-state index contributed by atoms with van der Waals surface area (Å²) in [6.07, 6.45) is 1.61. The van der Waals surface area contributed by atoms with E-state index in [1.807, 2.05) is 13.8 Å². The smallest absolute Gasteiger partial charge is 0.271 e. The van der Waals surface area contributed by atoms with Crippen LogP contribution >= 0.6 is 11.3 Å². The molecule has 0 unspecified atom stereocenters. The molecule has 1 amide bonds. The number of furan rings is 1. The maximum Gasteiger partial charge on any atom is 0.271 e. The van der Waals surface area contributed by atoms with Crippen LogP contribution in [0.3, 0.4) is 0 Å².